The first-order chi connectivity index (χ1) is 20.2. The molecule has 0 radical (unpaired) electrons. The van der Waals surface area contributed by atoms with Gasteiger partial charge in [0.2, 0.25) is 35.4 Å². The molecule has 0 unspecified atom stereocenters. The van der Waals surface area contributed by atoms with E-state index >= 15 is 0 Å². The summed E-state index contributed by atoms with van der Waals surface area (Å²) in [6.45, 7) is 8.48. The maximum absolute atomic E-state index is 14.3. The molecule has 9 N–H and O–H groups in total. The number of rotatable bonds is 13. The lowest BCUT2D eigenvalue weighted by atomic mass is 9.78. The third kappa shape index (κ3) is 7.70. The van der Waals surface area contributed by atoms with E-state index in [0.717, 1.165) is 22.2 Å². The summed E-state index contributed by atoms with van der Waals surface area (Å²) in [5, 5.41) is 11.8. The minimum Gasteiger partial charge on any atom is -0.370 e. The minimum absolute atomic E-state index is 0.134. The summed E-state index contributed by atoms with van der Waals surface area (Å²) in [6, 6.07) is 4.29. The van der Waals surface area contributed by atoms with Gasteiger partial charge in [0.05, 0.1) is 6.42 Å². The van der Waals surface area contributed by atoms with Crippen LogP contribution in [-0.2, 0) is 41.6 Å². The predicted molar refractivity (Wildman–Crippen MR) is 160 cm³/mol. The van der Waals surface area contributed by atoms with Crippen molar-refractivity contribution in [2.24, 2.45) is 23.3 Å². The fraction of sp³-hybridized carbons (Fsp3) is 0.533. The smallest absolute Gasteiger partial charge is 0.246 e. The number of para-hydroxylation sites is 1. The summed E-state index contributed by atoms with van der Waals surface area (Å²) >= 11 is 0. The van der Waals surface area contributed by atoms with Crippen molar-refractivity contribution in [2.75, 3.05) is 0 Å². The molecule has 0 fully saturated rings. The average Bonchev–Trinajstić information content (AvgIpc) is 3.30. The number of H-pyrrole nitrogens is 1. The second kappa shape index (κ2) is 13.7. The zero-order valence-corrected chi connectivity index (χ0v) is 25.3. The molecule has 6 amide bonds. The second-order valence-electron chi connectivity index (χ2n) is 11.8. The fourth-order valence-corrected chi connectivity index (χ4v) is 5.49. The molecule has 234 valence electrons. The van der Waals surface area contributed by atoms with Gasteiger partial charge in [-0.2, -0.15) is 0 Å². The third-order valence-corrected chi connectivity index (χ3v) is 8.13. The van der Waals surface area contributed by atoms with Crippen LogP contribution in [0, 0.1) is 11.8 Å². The van der Waals surface area contributed by atoms with Gasteiger partial charge in [0, 0.05) is 29.9 Å². The molecule has 1 aliphatic carbocycles. The first-order valence-corrected chi connectivity index (χ1v) is 14.6. The van der Waals surface area contributed by atoms with Crippen molar-refractivity contribution in [3.8, 4) is 0 Å². The van der Waals surface area contributed by atoms with Gasteiger partial charge >= 0.3 is 0 Å². The second-order valence-corrected chi connectivity index (χ2v) is 11.8. The summed E-state index contributed by atoms with van der Waals surface area (Å²) in [5.74, 6) is -4.65. The maximum Gasteiger partial charge on any atom is 0.246 e. The zero-order chi connectivity index (χ0) is 32.1. The van der Waals surface area contributed by atoms with Crippen molar-refractivity contribution < 1.29 is 28.8 Å². The van der Waals surface area contributed by atoms with Gasteiger partial charge in [-0.1, -0.05) is 52.3 Å². The van der Waals surface area contributed by atoms with E-state index < -0.39 is 65.5 Å². The number of fused-ring (bicyclic) bond motifs is 3. The Balaban J connectivity index is 1.99. The number of primary amides is 2. The molecule has 1 aromatic carbocycles. The Morgan fingerprint density at radius 2 is 1.63 bits per heavy atom. The number of carbonyl (C=O) groups excluding carboxylic acids is 6. The zero-order valence-electron chi connectivity index (χ0n) is 25.3. The van der Waals surface area contributed by atoms with Crippen molar-refractivity contribution in [1.29, 1.82) is 0 Å². The summed E-state index contributed by atoms with van der Waals surface area (Å²) in [7, 11) is 0. The van der Waals surface area contributed by atoms with Crippen LogP contribution in [0.3, 0.4) is 0 Å². The number of benzene rings is 1. The number of nitrogens with one attached hydrogen (secondary N) is 5. The van der Waals surface area contributed by atoms with Crippen molar-refractivity contribution in [2.45, 2.75) is 90.4 Å². The van der Waals surface area contributed by atoms with E-state index in [2.05, 4.69) is 26.3 Å². The lowest BCUT2D eigenvalue weighted by molar-refractivity contribution is -0.139. The molecule has 5 atom stereocenters. The molecule has 2 aromatic rings. The van der Waals surface area contributed by atoms with E-state index in [1.54, 1.807) is 13.8 Å². The molecule has 0 bridgehead atoms. The number of hydrogen-bond donors (Lipinski definition) is 7. The van der Waals surface area contributed by atoms with Gasteiger partial charge in [0.15, 0.2) is 0 Å². The Labute approximate surface area is 250 Å². The summed E-state index contributed by atoms with van der Waals surface area (Å²) < 4.78 is 0. The quantitative estimate of drug-likeness (QED) is 0.169. The molecule has 1 aliphatic rings. The lowest BCUT2D eigenvalue weighted by Crippen LogP contribution is -2.67. The Hall–Kier alpha value is -4.42. The van der Waals surface area contributed by atoms with E-state index in [0.29, 0.717) is 12.8 Å². The molecular weight excluding hydrogens is 554 g/mol. The molecule has 43 heavy (non-hydrogen) atoms. The van der Waals surface area contributed by atoms with Crippen LogP contribution < -0.4 is 32.7 Å². The SMILES string of the molecule is CC[C@H](C)[C@H](NC(C)=O)C(=O)N[C@]1(C(=O)N[C@H](C(=O)N[C@@H](CC(N)=O)C(N)=O)C(C)C)CCc2[nH]c3ccccc3c2C1. The molecule has 13 heteroatoms. The van der Waals surface area contributed by atoms with Crippen molar-refractivity contribution in [3.63, 3.8) is 0 Å². The monoisotopic (exact) mass is 597 g/mol. The van der Waals surface area contributed by atoms with Crippen molar-refractivity contribution in [3.05, 3.63) is 35.5 Å². The van der Waals surface area contributed by atoms with E-state index in [4.69, 9.17) is 11.5 Å². The Morgan fingerprint density at radius 1 is 0.953 bits per heavy atom. The number of hydrogen-bond acceptors (Lipinski definition) is 6. The minimum atomic E-state index is -1.47. The number of aryl methyl sites for hydroxylation is 1. The molecule has 3 rings (SSSR count). The van der Waals surface area contributed by atoms with Gasteiger partial charge in [0.1, 0.15) is 23.7 Å². The van der Waals surface area contributed by atoms with Crippen LogP contribution >= 0.6 is 0 Å². The van der Waals surface area contributed by atoms with Crippen LogP contribution in [-0.4, -0.2) is 64.1 Å². The number of carbonyl (C=O) groups is 6. The van der Waals surface area contributed by atoms with Gasteiger partial charge in [0.25, 0.3) is 0 Å². The van der Waals surface area contributed by atoms with E-state index in [1.807, 2.05) is 38.1 Å². The Morgan fingerprint density at radius 3 is 2.21 bits per heavy atom. The molecule has 0 spiro atoms. The summed E-state index contributed by atoms with van der Waals surface area (Å²) in [4.78, 5) is 80.0. The number of aromatic nitrogens is 1. The van der Waals surface area contributed by atoms with Gasteiger partial charge in [-0.05, 0) is 36.3 Å². The molecular formula is C30H43N7O6. The maximum atomic E-state index is 14.3. The predicted octanol–water partition coefficient (Wildman–Crippen LogP) is 0.0487. The van der Waals surface area contributed by atoms with Gasteiger partial charge in [-0.15, -0.1) is 0 Å². The first kappa shape index (κ1) is 33.1. The molecule has 1 heterocycles. The number of aromatic amines is 1. The summed E-state index contributed by atoms with van der Waals surface area (Å²) in [6.07, 6.45) is 0.896. The van der Waals surface area contributed by atoms with Crippen LogP contribution in [0.5, 0.6) is 0 Å². The highest BCUT2D eigenvalue weighted by Crippen LogP contribution is 2.34. The number of nitrogens with two attached hydrogens (primary N) is 2. The molecule has 0 saturated heterocycles. The van der Waals surface area contributed by atoms with Gasteiger partial charge < -0.3 is 37.7 Å². The highest BCUT2D eigenvalue weighted by Gasteiger charge is 2.46. The Kier molecular flexibility index (Phi) is 10.5. The van der Waals surface area contributed by atoms with Crippen molar-refractivity contribution in [1.82, 2.24) is 26.3 Å². The number of amides is 6. The standard InChI is InChI=1S/C30H43N7O6/c1-6-16(4)25(33-17(5)38)28(42)37-30(12-11-21-19(14-30)18-9-7-8-10-20(18)34-21)29(43)36-24(15(2)3)27(41)35-22(26(32)40)13-23(31)39/h7-10,15-16,22,24-25,34H,6,11-14H2,1-5H3,(H2,31,39)(H2,32,40)(H,33,38)(H,35,41)(H,36,43)(H,37,42)/t16-,22-,24-,25-,30+/m0/s1. The van der Waals surface area contributed by atoms with Gasteiger partial charge in [-0.3, -0.25) is 28.8 Å². The van der Waals surface area contributed by atoms with E-state index in [9.17, 15) is 28.8 Å². The fourth-order valence-electron chi connectivity index (χ4n) is 5.49. The van der Waals surface area contributed by atoms with Crippen LogP contribution in [0.25, 0.3) is 10.9 Å². The highest BCUT2D eigenvalue weighted by molar-refractivity contribution is 5.99. The van der Waals surface area contributed by atoms with Crippen LogP contribution in [0.15, 0.2) is 24.3 Å². The lowest BCUT2D eigenvalue weighted by Gasteiger charge is -2.39. The van der Waals surface area contributed by atoms with Crippen LogP contribution in [0.4, 0.5) is 0 Å². The largest absolute Gasteiger partial charge is 0.370 e. The topological polar surface area (TPSA) is 218 Å². The van der Waals surface area contributed by atoms with E-state index in [-0.39, 0.29) is 24.7 Å². The van der Waals surface area contributed by atoms with E-state index in [1.165, 1.54) is 6.92 Å². The molecule has 0 saturated carbocycles. The molecule has 13 nitrogen and oxygen atoms in total. The third-order valence-electron chi connectivity index (χ3n) is 8.13. The van der Waals surface area contributed by atoms with Crippen LogP contribution in [0.2, 0.25) is 0 Å². The highest BCUT2D eigenvalue weighted by atomic mass is 16.2. The Bertz CT molecular complexity index is 1400. The molecule has 1 aromatic heterocycles. The van der Waals surface area contributed by atoms with Gasteiger partial charge in [-0.25, -0.2) is 0 Å². The average molecular weight is 598 g/mol. The summed E-state index contributed by atoms with van der Waals surface area (Å²) in [5.41, 5.74) is 11.8. The van der Waals surface area contributed by atoms with Crippen molar-refractivity contribution >= 4 is 46.3 Å². The normalized spacial score (nSPS) is 18.9. The first-order valence-electron chi connectivity index (χ1n) is 14.6. The molecule has 0 aliphatic heterocycles. The van der Waals surface area contributed by atoms with Crippen LogP contribution in [0.1, 0.15) is 65.1 Å².